The number of nitrogens with zero attached hydrogens (tertiary/aromatic N) is 3. The third-order valence-corrected chi connectivity index (χ3v) is 7.15. The lowest BCUT2D eigenvalue weighted by atomic mass is 10.0. The van der Waals surface area contributed by atoms with E-state index in [9.17, 15) is 9.59 Å². The zero-order valence-corrected chi connectivity index (χ0v) is 22.1. The Hall–Kier alpha value is -3.69. The lowest BCUT2D eigenvalue weighted by Gasteiger charge is -2.23. The topological polar surface area (TPSA) is 106 Å². The fourth-order valence-electron chi connectivity index (χ4n) is 4.86. The fourth-order valence-corrected chi connectivity index (χ4v) is 5.06. The molecule has 1 unspecified atom stereocenters. The summed E-state index contributed by atoms with van der Waals surface area (Å²) in [6, 6.07) is 13.1. The molecule has 3 heterocycles. The maximum Gasteiger partial charge on any atom is 0.254 e. The molecule has 1 atom stereocenters. The van der Waals surface area contributed by atoms with E-state index < -0.39 is 0 Å². The Kier molecular flexibility index (Phi) is 7.76. The van der Waals surface area contributed by atoms with Gasteiger partial charge in [0.2, 0.25) is 11.9 Å². The molecular weight excluding hydrogens is 506 g/mol. The average molecular weight is 536 g/mol. The number of aromatic nitrogens is 2. The number of methoxy groups -OCH3 is 1. The van der Waals surface area contributed by atoms with Crippen LogP contribution in [-0.4, -0.2) is 59.6 Å². The molecular formula is C28H30ClN5O4. The van der Waals surface area contributed by atoms with Crippen molar-refractivity contribution in [2.75, 3.05) is 32.2 Å². The predicted octanol–water partition coefficient (Wildman–Crippen LogP) is 4.23. The Morgan fingerprint density at radius 2 is 2.03 bits per heavy atom. The smallest absolute Gasteiger partial charge is 0.254 e. The van der Waals surface area contributed by atoms with E-state index in [1.807, 2.05) is 43.3 Å². The number of halogens is 1. The van der Waals surface area contributed by atoms with Gasteiger partial charge in [0, 0.05) is 42.5 Å². The van der Waals surface area contributed by atoms with Crippen LogP contribution >= 0.6 is 11.6 Å². The van der Waals surface area contributed by atoms with Gasteiger partial charge in [0.1, 0.15) is 12.3 Å². The Labute approximate surface area is 226 Å². The van der Waals surface area contributed by atoms with Crippen molar-refractivity contribution in [3.8, 4) is 17.0 Å². The van der Waals surface area contributed by atoms with Crippen LogP contribution in [0.2, 0.25) is 5.02 Å². The highest BCUT2D eigenvalue weighted by atomic mass is 35.5. The average Bonchev–Trinajstić information content (AvgIpc) is 3.24. The molecule has 1 fully saturated rings. The van der Waals surface area contributed by atoms with Crippen LogP contribution in [0.25, 0.3) is 11.3 Å². The van der Waals surface area contributed by atoms with E-state index in [1.54, 1.807) is 24.3 Å². The maximum absolute atomic E-state index is 13.2. The highest BCUT2D eigenvalue weighted by molar-refractivity contribution is 6.33. The van der Waals surface area contributed by atoms with Crippen molar-refractivity contribution in [3.05, 3.63) is 70.4 Å². The van der Waals surface area contributed by atoms with Crippen molar-refractivity contribution in [2.45, 2.75) is 38.4 Å². The number of hydrogen-bond acceptors (Lipinski definition) is 7. The van der Waals surface area contributed by atoms with Crippen molar-refractivity contribution in [3.63, 3.8) is 0 Å². The summed E-state index contributed by atoms with van der Waals surface area (Å²) in [5, 5.41) is 6.72. The monoisotopic (exact) mass is 535 g/mol. The standard InChI is InChI=1S/C28H30ClN5O4/c1-17(21-5-3-4-6-24(21)37-2)31-25(35)16-34-15-19-8-7-18(13-22(19)27(34)36)26-23(29)14-30-28(33-26)32-20-9-11-38-12-10-20/h3-8,13-14,17,20H,9-12,15-16H2,1-2H3,(H,31,35)(H,30,32,33). The van der Waals surface area contributed by atoms with E-state index in [0.29, 0.717) is 47.7 Å². The van der Waals surface area contributed by atoms with Crippen molar-refractivity contribution >= 4 is 29.4 Å². The predicted molar refractivity (Wildman–Crippen MR) is 144 cm³/mol. The second-order valence-electron chi connectivity index (χ2n) is 9.49. The van der Waals surface area contributed by atoms with E-state index in [1.165, 1.54) is 0 Å². The number of fused-ring (bicyclic) bond motifs is 1. The maximum atomic E-state index is 13.2. The molecule has 5 rings (SSSR count). The normalized spacial score (nSPS) is 16.2. The van der Waals surface area contributed by atoms with E-state index in [4.69, 9.17) is 21.1 Å². The van der Waals surface area contributed by atoms with Crippen molar-refractivity contribution in [1.29, 1.82) is 0 Å². The number of benzene rings is 2. The zero-order valence-electron chi connectivity index (χ0n) is 21.4. The fraction of sp³-hybridized carbons (Fsp3) is 0.357. The molecule has 1 aromatic heterocycles. The molecule has 0 spiro atoms. The van der Waals surface area contributed by atoms with Crippen LogP contribution in [0.15, 0.2) is 48.7 Å². The summed E-state index contributed by atoms with van der Waals surface area (Å²) in [5.74, 6) is 0.748. The summed E-state index contributed by atoms with van der Waals surface area (Å²) in [6.07, 6.45) is 3.34. The summed E-state index contributed by atoms with van der Waals surface area (Å²) in [4.78, 5) is 36.5. The molecule has 38 heavy (non-hydrogen) atoms. The Morgan fingerprint density at radius 3 is 2.82 bits per heavy atom. The molecule has 0 bridgehead atoms. The summed E-state index contributed by atoms with van der Waals surface area (Å²) in [6.45, 7) is 3.62. The molecule has 198 valence electrons. The molecule has 2 aliphatic rings. The van der Waals surface area contributed by atoms with E-state index in [2.05, 4.69) is 20.6 Å². The van der Waals surface area contributed by atoms with Gasteiger partial charge in [-0.2, -0.15) is 0 Å². The molecule has 0 saturated carbocycles. The van der Waals surface area contributed by atoms with Gasteiger partial charge >= 0.3 is 0 Å². The summed E-state index contributed by atoms with van der Waals surface area (Å²) < 4.78 is 10.8. The van der Waals surface area contributed by atoms with Gasteiger partial charge in [0.25, 0.3) is 5.91 Å². The number of amides is 2. The van der Waals surface area contributed by atoms with Crippen LogP contribution in [0.1, 0.15) is 47.3 Å². The molecule has 10 heteroatoms. The number of ether oxygens (including phenoxy) is 2. The van der Waals surface area contributed by atoms with E-state index in [0.717, 1.165) is 29.5 Å². The van der Waals surface area contributed by atoms with Gasteiger partial charge < -0.3 is 25.0 Å². The number of nitrogens with one attached hydrogen (secondary N) is 2. The number of anilines is 1. The lowest BCUT2D eigenvalue weighted by molar-refractivity contribution is -0.122. The van der Waals surface area contributed by atoms with E-state index >= 15 is 0 Å². The number of rotatable bonds is 8. The molecule has 2 amide bonds. The minimum absolute atomic E-state index is 0.0459. The third kappa shape index (κ3) is 5.58. The first-order chi connectivity index (χ1) is 18.4. The van der Waals surface area contributed by atoms with Gasteiger partial charge in [-0.15, -0.1) is 0 Å². The first kappa shape index (κ1) is 25.9. The Balaban J connectivity index is 1.27. The second kappa shape index (κ2) is 11.4. The van der Waals surface area contributed by atoms with Crippen LogP contribution in [-0.2, 0) is 16.1 Å². The van der Waals surface area contributed by atoms with Gasteiger partial charge in [-0.25, -0.2) is 9.97 Å². The minimum atomic E-state index is -0.269. The molecule has 2 N–H and O–H groups in total. The summed E-state index contributed by atoms with van der Waals surface area (Å²) >= 11 is 6.45. The molecule has 1 saturated heterocycles. The lowest BCUT2D eigenvalue weighted by Crippen LogP contribution is -2.38. The number of carbonyl (C=O) groups is 2. The molecule has 3 aromatic rings. The van der Waals surface area contributed by atoms with Gasteiger partial charge in [-0.1, -0.05) is 41.9 Å². The van der Waals surface area contributed by atoms with Gasteiger partial charge in [0.05, 0.1) is 30.1 Å². The van der Waals surface area contributed by atoms with Crippen molar-refractivity contribution in [2.24, 2.45) is 0 Å². The number of carbonyl (C=O) groups excluding carboxylic acids is 2. The van der Waals surface area contributed by atoms with E-state index in [-0.39, 0.29) is 30.4 Å². The SMILES string of the molecule is COc1ccccc1C(C)NC(=O)CN1Cc2ccc(-c3nc(NC4CCOCC4)ncc3Cl)cc2C1=O. The second-order valence-corrected chi connectivity index (χ2v) is 9.89. The summed E-state index contributed by atoms with van der Waals surface area (Å²) in [7, 11) is 1.60. The first-order valence-corrected chi connectivity index (χ1v) is 13.0. The molecule has 9 nitrogen and oxygen atoms in total. The number of para-hydroxylation sites is 1. The van der Waals surface area contributed by atoms with Crippen LogP contribution in [0.5, 0.6) is 5.75 Å². The molecule has 2 aromatic carbocycles. The number of hydrogen-bond donors (Lipinski definition) is 2. The van der Waals surface area contributed by atoms with Crippen LogP contribution in [0, 0.1) is 0 Å². The Bertz CT molecular complexity index is 1340. The van der Waals surface area contributed by atoms with Gasteiger partial charge in [0.15, 0.2) is 0 Å². The van der Waals surface area contributed by atoms with Gasteiger partial charge in [-0.05, 0) is 37.5 Å². The highest BCUT2D eigenvalue weighted by Crippen LogP contribution is 2.32. The quantitative estimate of drug-likeness (QED) is 0.444. The van der Waals surface area contributed by atoms with Crippen molar-refractivity contribution < 1.29 is 19.1 Å². The van der Waals surface area contributed by atoms with Gasteiger partial charge in [-0.3, -0.25) is 9.59 Å². The van der Waals surface area contributed by atoms with Crippen molar-refractivity contribution in [1.82, 2.24) is 20.2 Å². The largest absolute Gasteiger partial charge is 0.496 e. The Morgan fingerprint density at radius 1 is 1.24 bits per heavy atom. The molecule has 2 aliphatic heterocycles. The highest BCUT2D eigenvalue weighted by Gasteiger charge is 2.30. The van der Waals surface area contributed by atoms with Crippen LogP contribution in [0.4, 0.5) is 5.95 Å². The first-order valence-electron chi connectivity index (χ1n) is 12.6. The van der Waals surface area contributed by atoms with Crippen LogP contribution in [0.3, 0.4) is 0 Å². The molecule has 0 aliphatic carbocycles. The summed E-state index contributed by atoms with van der Waals surface area (Å²) in [5.41, 5.74) is 3.54. The molecule has 0 radical (unpaired) electrons. The minimum Gasteiger partial charge on any atom is -0.496 e. The third-order valence-electron chi connectivity index (χ3n) is 6.88. The van der Waals surface area contributed by atoms with Crippen LogP contribution < -0.4 is 15.4 Å². The zero-order chi connectivity index (χ0) is 26.6.